The number of nitrogens with one attached hydrogen (secondary N) is 1. The summed E-state index contributed by atoms with van der Waals surface area (Å²) in [5.41, 5.74) is 1.47. The van der Waals surface area contributed by atoms with Crippen molar-refractivity contribution < 1.29 is 23.9 Å². The number of carbonyl (C=O) groups is 3. The van der Waals surface area contributed by atoms with Gasteiger partial charge in [-0.05, 0) is 31.7 Å². The van der Waals surface area contributed by atoms with Crippen LogP contribution in [0.15, 0.2) is 0 Å². The van der Waals surface area contributed by atoms with Crippen LogP contribution in [0.4, 0.5) is 5.00 Å². The molecule has 1 aromatic heterocycles. The fourth-order valence-corrected chi connectivity index (χ4v) is 3.71. The molecule has 1 amide bonds. The normalized spacial score (nSPS) is 12.6. The molecule has 0 fully saturated rings. The van der Waals surface area contributed by atoms with Crippen molar-refractivity contribution in [3.63, 3.8) is 0 Å². The molecular weight excluding hydrogens is 306 g/mol. The summed E-state index contributed by atoms with van der Waals surface area (Å²) in [7, 11) is 1.28. The number of carbonyl (C=O) groups excluding carboxylic acids is 3. The van der Waals surface area contributed by atoms with E-state index < -0.39 is 11.9 Å². The van der Waals surface area contributed by atoms with E-state index in [0.29, 0.717) is 17.2 Å². The van der Waals surface area contributed by atoms with Crippen molar-refractivity contribution in [2.45, 2.75) is 39.0 Å². The number of hydrogen-bond donors (Lipinski definition) is 1. The van der Waals surface area contributed by atoms with E-state index in [-0.39, 0.29) is 18.7 Å². The highest BCUT2D eigenvalue weighted by atomic mass is 32.1. The lowest BCUT2D eigenvalue weighted by Crippen LogP contribution is -2.16. The fourth-order valence-electron chi connectivity index (χ4n) is 2.42. The first-order valence-corrected chi connectivity index (χ1v) is 8.06. The minimum atomic E-state index is -0.436. The molecule has 0 bridgehead atoms. The van der Waals surface area contributed by atoms with Crippen LogP contribution in [0.25, 0.3) is 0 Å². The van der Waals surface area contributed by atoms with E-state index in [4.69, 9.17) is 4.74 Å². The van der Waals surface area contributed by atoms with Crippen LogP contribution in [0.2, 0.25) is 0 Å². The van der Waals surface area contributed by atoms with Gasteiger partial charge in [0.1, 0.15) is 5.00 Å². The largest absolute Gasteiger partial charge is 0.469 e. The lowest BCUT2D eigenvalue weighted by Gasteiger charge is -2.07. The molecule has 1 aliphatic rings. The van der Waals surface area contributed by atoms with Gasteiger partial charge in [-0.2, -0.15) is 0 Å². The molecule has 7 heteroatoms. The molecule has 1 aliphatic carbocycles. The number of fused-ring (bicyclic) bond motifs is 1. The Kier molecular flexibility index (Phi) is 5.54. The van der Waals surface area contributed by atoms with Gasteiger partial charge in [-0.3, -0.25) is 9.59 Å². The van der Waals surface area contributed by atoms with Gasteiger partial charge in [-0.1, -0.05) is 0 Å². The molecule has 0 atom stereocenters. The third kappa shape index (κ3) is 3.65. The van der Waals surface area contributed by atoms with Crippen LogP contribution in [0.5, 0.6) is 0 Å². The number of ether oxygens (including phenoxy) is 2. The van der Waals surface area contributed by atoms with Crippen molar-refractivity contribution in [1.82, 2.24) is 0 Å². The predicted octanol–water partition coefficient (Wildman–Crippen LogP) is 2.31. The Bertz CT molecular complexity index is 593. The van der Waals surface area contributed by atoms with Gasteiger partial charge in [0.2, 0.25) is 5.91 Å². The standard InChI is InChI=1S/C15H19NO5S/c1-3-21-15(19)13-9-5-4-6-10(9)22-14(13)16-11(17)7-8-12(18)20-2/h3-8H2,1-2H3,(H,16,17). The molecule has 0 saturated carbocycles. The van der Waals surface area contributed by atoms with E-state index in [2.05, 4.69) is 10.1 Å². The first-order chi connectivity index (χ1) is 10.6. The van der Waals surface area contributed by atoms with E-state index in [1.165, 1.54) is 18.4 Å². The van der Waals surface area contributed by atoms with Crippen molar-refractivity contribution in [2.75, 3.05) is 19.0 Å². The Morgan fingerprint density at radius 3 is 2.68 bits per heavy atom. The van der Waals surface area contributed by atoms with Crippen LogP contribution in [-0.2, 0) is 31.9 Å². The maximum absolute atomic E-state index is 12.1. The van der Waals surface area contributed by atoms with Crippen LogP contribution in [0, 0.1) is 0 Å². The van der Waals surface area contributed by atoms with Crippen LogP contribution in [0.1, 0.15) is 47.0 Å². The van der Waals surface area contributed by atoms with Crippen molar-refractivity contribution in [2.24, 2.45) is 0 Å². The molecule has 0 saturated heterocycles. The molecule has 2 rings (SSSR count). The van der Waals surface area contributed by atoms with Gasteiger partial charge in [-0.25, -0.2) is 4.79 Å². The summed E-state index contributed by atoms with van der Waals surface area (Å²) in [6.45, 7) is 2.04. The maximum atomic E-state index is 12.1. The van der Waals surface area contributed by atoms with Crippen molar-refractivity contribution >= 4 is 34.2 Å². The summed E-state index contributed by atoms with van der Waals surface area (Å²) >= 11 is 1.42. The molecule has 22 heavy (non-hydrogen) atoms. The Balaban J connectivity index is 2.12. The van der Waals surface area contributed by atoms with Gasteiger partial charge in [-0.15, -0.1) is 11.3 Å². The van der Waals surface area contributed by atoms with E-state index >= 15 is 0 Å². The van der Waals surface area contributed by atoms with Gasteiger partial charge >= 0.3 is 11.9 Å². The number of thiophene rings is 1. The van der Waals surface area contributed by atoms with Crippen molar-refractivity contribution in [3.8, 4) is 0 Å². The van der Waals surface area contributed by atoms with E-state index in [1.54, 1.807) is 6.92 Å². The Morgan fingerprint density at radius 2 is 2.00 bits per heavy atom. The maximum Gasteiger partial charge on any atom is 0.341 e. The smallest absolute Gasteiger partial charge is 0.341 e. The quantitative estimate of drug-likeness (QED) is 0.812. The summed E-state index contributed by atoms with van der Waals surface area (Å²) in [5, 5.41) is 3.26. The fraction of sp³-hybridized carbons (Fsp3) is 0.533. The van der Waals surface area contributed by atoms with Crippen LogP contribution >= 0.6 is 11.3 Å². The van der Waals surface area contributed by atoms with Crippen LogP contribution in [-0.4, -0.2) is 31.6 Å². The third-order valence-corrected chi connectivity index (χ3v) is 4.64. The minimum Gasteiger partial charge on any atom is -0.469 e. The summed E-state index contributed by atoms with van der Waals surface area (Å²) in [6, 6.07) is 0. The zero-order chi connectivity index (χ0) is 16.1. The molecule has 1 N–H and O–H groups in total. The number of anilines is 1. The van der Waals surface area contributed by atoms with Crippen LogP contribution in [0.3, 0.4) is 0 Å². The zero-order valence-corrected chi connectivity index (χ0v) is 13.5. The molecule has 120 valence electrons. The third-order valence-electron chi connectivity index (χ3n) is 3.44. The van der Waals surface area contributed by atoms with Gasteiger partial charge in [0, 0.05) is 11.3 Å². The van der Waals surface area contributed by atoms with Gasteiger partial charge in [0.15, 0.2) is 0 Å². The lowest BCUT2D eigenvalue weighted by atomic mass is 10.1. The topological polar surface area (TPSA) is 81.7 Å². The summed E-state index contributed by atoms with van der Waals surface area (Å²) in [6.07, 6.45) is 2.81. The zero-order valence-electron chi connectivity index (χ0n) is 12.7. The monoisotopic (exact) mass is 325 g/mol. The molecule has 0 radical (unpaired) electrons. The number of aryl methyl sites for hydroxylation is 1. The summed E-state index contributed by atoms with van der Waals surface area (Å²) in [5.74, 6) is -1.14. The number of esters is 2. The highest BCUT2D eigenvalue weighted by Gasteiger charge is 2.28. The second kappa shape index (κ2) is 7.40. The second-order valence-corrected chi connectivity index (χ2v) is 6.01. The number of hydrogen-bond acceptors (Lipinski definition) is 6. The number of amides is 1. The van der Waals surface area contributed by atoms with Crippen molar-refractivity contribution in [1.29, 1.82) is 0 Å². The average Bonchev–Trinajstić information content (AvgIpc) is 3.05. The molecule has 0 aromatic carbocycles. The van der Waals surface area contributed by atoms with E-state index in [9.17, 15) is 14.4 Å². The first kappa shape index (κ1) is 16.5. The number of rotatable bonds is 6. The molecule has 1 aromatic rings. The van der Waals surface area contributed by atoms with E-state index in [0.717, 1.165) is 29.7 Å². The molecule has 1 heterocycles. The highest BCUT2D eigenvalue weighted by Crippen LogP contribution is 2.39. The second-order valence-electron chi connectivity index (χ2n) is 4.91. The highest BCUT2D eigenvalue weighted by molar-refractivity contribution is 7.17. The molecular formula is C15H19NO5S. The number of methoxy groups -OCH3 is 1. The predicted molar refractivity (Wildman–Crippen MR) is 82.2 cm³/mol. The molecule has 0 aliphatic heterocycles. The Hall–Kier alpha value is -1.89. The SMILES string of the molecule is CCOC(=O)c1c(NC(=O)CCC(=O)OC)sc2c1CCC2. The van der Waals surface area contributed by atoms with Crippen molar-refractivity contribution in [3.05, 3.63) is 16.0 Å². The molecule has 6 nitrogen and oxygen atoms in total. The summed E-state index contributed by atoms with van der Waals surface area (Å²) in [4.78, 5) is 36.3. The van der Waals surface area contributed by atoms with Gasteiger partial charge < -0.3 is 14.8 Å². The van der Waals surface area contributed by atoms with E-state index in [1.807, 2.05) is 0 Å². The molecule has 0 unspecified atom stereocenters. The van der Waals surface area contributed by atoms with Gasteiger partial charge in [0.05, 0.1) is 25.7 Å². The lowest BCUT2D eigenvalue weighted by molar-refractivity contribution is -0.141. The molecule has 0 spiro atoms. The first-order valence-electron chi connectivity index (χ1n) is 7.25. The Labute approximate surface area is 132 Å². The minimum absolute atomic E-state index is 0.0160. The average molecular weight is 325 g/mol. The summed E-state index contributed by atoms with van der Waals surface area (Å²) < 4.78 is 9.60. The van der Waals surface area contributed by atoms with Gasteiger partial charge in [0.25, 0.3) is 0 Å². The Morgan fingerprint density at radius 1 is 1.23 bits per heavy atom. The van der Waals surface area contributed by atoms with Crippen LogP contribution < -0.4 is 5.32 Å².